The third kappa shape index (κ3) is 2.84. The van der Waals surface area contributed by atoms with Crippen LogP contribution >= 0.6 is 0 Å². The number of hydrogen-bond donors (Lipinski definition) is 0. The number of ether oxygens (including phenoxy) is 3. The summed E-state index contributed by atoms with van der Waals surface area (Å²) in [6.07, 6.45) is 1.60. The quantitative estimate of drug-likeness (QED) is 0.592. The number of esters is 1. The number of fused-ring (bicyclic) bond motifs is 5. The Labute approximate surface area is 165 Å². The first-order valence-electron chi connectivity index (χ1n) is 9.73. The van der Waals surface area contributed by atoms with Crippen LogP contribution in [-0.2, 0) is 19.1 Å². The minimum absolute atomic E-state index is 0.0172. The summed E-state index contributed by atoms with van der Waals surface area (Å²) in [7, 11) is 1.56. The first-order valence-corrected chi connectivity index (χ1v) is 9.73. The van der Waals surface area contributed by atoms with Crippen molar-refractivity contribution in [3.8, 4) is 17.6 Å². The van der Waals surface area contributed by atoms with Gasteiger partial charge in [-0.25, -0.2) is 0 Å². The molecule has 0 aromatic heterocycles. The van der Waals surface area contributed by atoms with Crippen molar-refractivity contribution in [3.05, 3.63) is 35.1 Å². The Morgan fingerprint density at radius 2 is 1.93 bits per heavy atom. The summed E-state index contributed by atoms with van der Waals surface area (Å²) in [5.74, 6) is 5.76. The Hall–Kier alpha value is -2.58. The Morgan fingerprint density at radius 3 is 2.57 bits per heavy atom. The van der Waals surface area contributed by atoms with Crippen molar-refractivity contribution < 1.29 is 23.8 Å². The largest absolute Gasteiger partial charge is 0.496 e. The van der Waals surface area contributed by atoms with E-state index in [2.05, 4.69) is 11.8 Å². The van der Waals surface area contributed by atoms with Gasteiger partial charge in [0.1, 0.15) is 11.5 Å². The maximum Gasteiger partial charge on any atom is 0.313 e. The molecule has 2 bridgehead atoms. The highest BCUT2D eigenvalue weighted by atomic mass is 16.5. The number of allylic oxidation sites excluding steroid dienone is 1. The Balaban J connectivity index is 1.85. The van der Waals surface area contributed by atoms with Crippen molar-refractivity contribution in [1.82, 2.24) is 0 Å². The molecule has 146 valence electrons. The van der Waals surface area contributed by atoms with Crippen LogP contribution in [0.5, 0.6) is 5.75 Å². The predicted octanol–water partition coefficient (Wildman–Crippen LogP) is 3.35. The molecule has 1 aromatic rings. The van der Waals surface area contributed by atoms with Crippen LogP contribution in [0.2, 0.25) is 0 Å². The van der Waals surface area contributed by atoms with Gasteiger partial charge >= 0.3 is 5.97 Å². The van der Waals surface area contributed by atoms with Gasteiger partial charge in [-0.15, -0.1) is 5.92 Å². The van der Waals surface area contributed by atoms with Gasteiger partial charge in [-0.1, -0.05) is 19.8 Å². The van der Waals surface area contributed by atoms with E-state index in [9.17, 15) is 9.59 Å². The van der Waals surface area contributed by atoms with E-state index >= 15 is 0 Å². The summed E-state index contributed by atoms with van der Waals surface area (Å²) in [4.78, 5) is 25.8. The predicted molar refractivity (Wildman–Crippen MR) is 103 cm³/mol. The van der Waals surface area contributed by atoms with Gasteiger partial charge in [0.2, 0.25) is 0 Å². The van der Waals surface area contributed by atoms with E-state index in [1.54, 1.807) is 27.9 Å². The minimum Gasteiger partial charge on any atom is -0.496 e. The van der Waals surface area contributed by atoms with Crippen molar-refractivity contribution in [1.29, 1.82) is 0 Å². The second-order valence-corrected chi connectivity index (χ2v) is 7.81. The first kappa shape index (κ1) is 18.8. The van der Waals surface area contributed by atoms with Gasteiger partial charge in [-0.05, 0) is 38.0 Å². The first-order chi connectivity index (χ1) is 13.5. The molecular weight excluding hydrogens is 356 g/mol. The molecule has 0 radical (unpaired) electrons. The Kier molecular flexibility index (Phi) is 4.76. The molecule has 2 heterocycles. The van der Waals surface area contributed by atoms with Gasteiger partial charge in [0.05, 0.1) is 42.6 Å². The zero-order valence-electron chi connectivity index (χ0n) is 16.6. The van der Waals surface area contributed by atoms with Crippen molar-refractivity contribution in [2.24, 2.45) is 17.8 Å². The number of methoxy groups -OCH3 is 1. The fraction of sp³-hybridized carbons (Fsp3) is 0.478. The van der Waals surface area contributed by atoms with Crippen molar-refractivity contribution >= 4 is 17.3 Å². The number of ketones is 1. The molecule has 0 N–H and O–H groups in total. The van der Waals surface area contributed by atoms with Crippen LogP contribution in [0.15, 0.2) is 24.0 Å². The van der Waals surface area contributed by atoms with E-state index < -0.39 is 0 Å². The van der Waals surface area contributed by atoms with E-state index in [4.69, 9.17) is 14.2 Å². The normalized spacial score (nSPS) is 27.7. The molecule has 5 heteroatoms. The van der Waals surface area contributed by atoms with Gasteiger partial charge < -0.3 is 14.2 Å². The Bertz CT molecular complexity index is 930. The van der Waals surface area contributed by atoms with E-state index in [1.165, 1.54) is 0 Å². The van der Waals surface area contributed by atoms with Crippen LogP contribution in [0.3, 0.4) is 0 Å². The van der Waals surface area contributed by atoms with Crippen molar-refractivity contribution in [3.63, 3.8) is 0 Å². The van der Waals surface area contributed by atoms with Crippen LogP contribution in [0.1, 0.15) is 44.7 Å². The second-order valence-electron chi connectivity index (χ2n) is 7.81. The van der Waals surface area contributed by atoms with Crippen molar-refractivity contribution in [2.45, 2.75) is 45.8 Å². The summed E-state index contributed by atoms with van der Waals surface area (Å²) in [6, 6.07) is 5.50. The van der Waals surface area contributed by atoms with Gasteiger partial charge in [-0.3, -0.25) is 9.59 Å². The van der Waals surface area contributed by atoms with E-state index in [0.29, 0.717) is 22.6 Å². The zero-order valence-corrected chi connectivity index (χ0v) is 16.6. The maximum atomic E-state index is 13.4. The lowest BCUT2D eigenvalue weighted by molar-refractivity contribution is -0.144. The molecule has 1 aromatic carbocycles. The summed E-state index contributed by atoms with van der Waals surface area (Å²) >= 11 is 0. The lowest BCUT2D eigenvalue weighted by atomic mass is 9.80. The average molecular weight is 380 g/mol. The van der Waals surface area contributed by atoms with Gasteiger partial charge in [0.15, 0.2) is 5.78 Å². The molecule has 1 aliphatic carbocycles. The highest BCUT2D eigenvalue weighted by Gasteiger charge is 2.60. The molecule has 4 rings (SSSR count). The number of carbonyl (C=O) groups excluding carboxylic acids is 2. The maximum absolute atomic E-state index is 13.4. The lowest BCUT2D eigenvalue weighted by Crippen LogP contribution is -2.30. The molecule has 0 spiro atoms. The smallest absolute Gasteiger partial charge is 0.313 e. The second kappa shape index (κ2) is 7.10. The van der Waals surface area contributed by atoms with E-state index in [0.717, 1.165) is 18.4 Å². The highest BCUT2D eigenvalue weighted by molar-refractivity contribution is 6.26. The molecule has 2 fully saturated rings. The zero-order chi connectivity index (χ0) is 20.0. The highest BCUT2D eigenvalue weighted by Crippen LogP contribution is 2.55. The molecule has 3 unspecified atom stereocenters. The summed E-state index contributed by atoms with van der Waals surface area (Å²) in [5.41, 5.74) is 1.91. The van der Waals surface area contributed by atoms with E-state index in [1.807, 2.05) is 18.2 Å². The third-order valence-corrected chi connectivity index (χ3v) is 5.79. The molecule has 0 saturated carbocycles. The number of carbonyl (C=O) groups is 2. The molecule has 3 aliphatic rings. The lowest BCUT2D eigenvalue weighted by Gasteiger charge is -2.22. The van der Waals surface area contributed by atoms with Crippen LogP contribution in [0.25, 0.3) is 5.57 Å². The molecule has 4 atom stereocenters. The number of benzene rings is 1. The molecule has 2 saturated heterocycles. The molecular formula is C23H24O5. The van der Waals surface area contributed by atoms with Gasteiger partial charge in [0, 0.05) is 11.1 Å². The fourth-order valence-corrected chi connectivity index (χ4v) is 4.53. The number of rotatable bonds is 4. The average Bonchev–Trinajstić information content (AvgIpc) is 3.36. The third-order valence-electron chi connectivity index (χ3n) is 5.79. The van der Waals surface area contributed by atoms with Crippen LogP contribution < -0.4 is 4.74 Å². The van der Waals surface area contributed by atoms with Crippen LogP contribution in [0.4, 0.5) is 0 Å². The standard InChI is InChI=1S/C23H24O5/c1-5-6-13-7-8-14(17(11-13)26-4)18-21(24)19-15-9-10-16(27-15)20(19)22(18)28-23(25)12(2)3/h7-8,11-12,15-16,19-20H,9-10H2,1-4H3/t15?,16?,19-,20?/m1/s1. The van der Waals surface area contributed by atoms with Crippen LogP contribution in [-0.4, -0.2) is 31.1 Å². The number of hydrogen-bond acceptors (Lipinski definition) is 5. The monoisotopic (exact) mass is 380 g/mol. The summed E-state index contributed by atoms with van der Waals surface area (Å²) in [5, 5.41) is 0. The summed E-state index contributed by atoms with van der Waals surface area (Å²) < 4.78 is 17.3. The molecule has 0 amide bonds. The fourth-order valence-electron chi connectivity index (χ4n) is 4.53. The topological polar surface area (TPSA) is 61.8 Å². The summed E-state index contributed by atoms with van der Waals surface area (Å²) in [6.45, 7) is 5.34. The van der Waals surface area contributed by atoms with Gasteiger partial charge in [0.25, 0.3) is 0 Å². The molecule has 28 heavy (non-hydrogen) atoms. The van der Waals surface area contributed by atoms with Crippen LogP contribution in [0, 0.1) is 29.6 Å². The van der Waals surface area contributed by atoms with Gasteiger partial charge in [-0.2, -0.15) is 0 Å². The number of Topliss-reactive ketones (excluding diaryl/α,β-unsaturated/α-hetero) is 1. The Morgan fingerprint density at radius 1 is 1.21 bits per heavy atom. The molecule has 5 nitrogen and oxygen atoms in total. The molecule has 2 aliphatic heterocycles. The minimum atomic E-state index is -0.337. The SMILES string of the molecule is CC#Cc1ccc(C2=C(OC(=O)C(C)C)C3C4CCC(O4)[C@H]3C2=O)c(OC)c1. The van der Waals surface area contributed by atoms with E-state index in [-0.39, 0.29) is 41.7 Å². The van der Waals surface area contributed by atoms with Crippen molar-refractivity contribution in [2.75, 3.05) is 7.11 Å².